The number of ether oxygens (including phenoxy) is 2. The molecule has 0 unspecified atom stereocenters. The standard InChI is InChI=1S/C22H9F25O3/c1-7(2)10(48)49-8-3-5-9(6-4-8)50-22(46,47)20(41,42)18(37,38)16(33,34)14(29,30)12(25,26)11(23,24)13(27,28)15(31,32)17(35,36)19(39,40)21(43,44)45/h3-6H,1H2,2H3. The molecule has 0 heterocycles. The van der Waals surface area contributed by atoms with Crippen molar-refractivity contribution in [2.24, 2.45) is 0 Å². The van der Waals surface area contributed by atoms with Crippen molar-refractivity contribution in [1.82, 2.24) is 0 Å². The summed E-state index contributed by atoms with van der Waals surface area (Å²) in [6, 6.07) is 0.423. The Kier molecular flexibility index (Phi) is 10.7. The van der Waals surface area contributed by atoms with Gasteiger partial charge in [-0.3, -0.25) is 0 Å². The fraction of sp³-hybridized carbons (Fsp3) is 0.591. The zero-order chi connectivity index (χ0) is 40.6. The lowest BCUT2D eigenvalue weighted by Gasteiger charge is -2.45. The summed E-state index contributed by atoms with van der Waals surface area (Å²) in [4.78, 5) is 11.3. The quantitative estimate of drug-likeness (QED) is 0.0815. The van der Waals surface area contributed by atoms with E-state index in [0.29, 0.717) is 0 Å². The third-order valence-corrected chi connectivity index (χ3v) is 5.90. The largest absolute Gasteiger partial charge is 0.471 e. The summed E-state index contributed by atoms with van der Waals surface area (Å²) in [5.41, 5.74) is -0.349. The van der Waals surface area contributed by atoms with Gasteiger partial charge < -0.3 is 9.47 Å². The Hall–Kier alpha value is -3.52. The first kappa shape index (κ1) is 44.5. The number of hydrogen-bond donors (Lipinski definition) is 0. The van der Waals surface area contributed by atoms with Gasteiger partial charge in [-0.15, -0.1) is 0 Å². The van der Waals surface area contributed by atoms with Crippen molar-refractivity contribution in [2.75, 3.05) is 0 Å². The summed E-state index contributed by atoms with van der Waals surface area (Å²) in [6.45, 7) is 4.09. The first-order valence-electron chi connectivity index (χ1n) is 11.4. The molecule has 0 aromatic heterocycles. The number of benzene rings is 1. The van der Waals surface area contributed by atoms with Gasteiger partial charge in [0, 0.05) is 5.57 Å². The van der Waals surface area contributed by atoms with Crippen LogP contribution in [0.1, 0.15) is 6.92 Å². The normalized spacial score (nSPS) is 15.6. The number of carbonyl (C=O) groups is 1. The van der Waals surface area contributed by atoms with Crippen LogP contribution in [0.5, 0.6) is 11.5 Å². The molecule has 0 spiro atoms. The van der Waals surface area contributed by atoms with E-state index in [9.17, 15) is 115 Å². The molecule has 0 bridgehead atoms. The van der Waals surface area contributed by atoms with Crippen LogP contribution in [0.15, 0.2) is 36.4 Å². The summed E-state index contributed by atoms with van der Waals surface area (Å²) in [5.74, 6) is -96.4. The number of alkyl halides is 25. The van der Waals surface area contributed by atoms with Crippen molar-refractivity contribution in [1.29, 1.82) is 0 Å². The van der Waals surface area contributed by atoms with Crippen LogP contribution in [0.4, 0.5) is 110 Å². The first-order chi connectivity index (χ1) is 21.5. The van der Waals surface area contributed by atoms with Gasteiger partial charge in [0.1, 0.15) is 11.5 Å². The van der Waals surface area contributed by atoms with Crippen LogP contribution in [0, 0.1) is 0 Å². The minimum atomic E-state index is -9.67. The van der Waals surface area contributed by atoms with Gasteiger partial charge in [-0.2, -0.15) is 110 Å². The molecule has 0 N–H and O–H groups in total. The van der Waals surface area contributed by atoms with Crippen LogP contribution >= 0.6 is 0 Å². The fourth-order valence-electron chi connectivity index (χ4n) is 2.92. The van der Waals surface area contributed by atoms with E-state index in [-0.39, 0.29) is 29.8 Å². The first-order valence-corrected chi connectivity index (χ1v) is 11.4. The van der Waals surface area contributed by atoms with Crippen LogP contribution in [0.3, 0.4) is 0 Å². The number of carbonyl (C=O) groups excluding carboxylic acids is 1. The third-order valence-electron chi connectivity index (χ3n) is 5.90. The molecular formula is C22H9F25O3. The molecule has 0 aliphatic carbocycles. The van der Waals surface area contributed by atoms with E-state index < -0.39 is 89.0 Å². The smallest absolute Gasteiger partial charge is 0.428 e. The van der Waals surface area contributed by atoms with Crippen LogP contribution < -0.4 is 9.47 Å². The zero-order valence-electron chi connectivity index (χ0n) is 22.7. The molecule has 1 rings (SSSR count). The average molecular weight is 796 g/mol. The molecule has 0 aliphatic heterocycles. The molecule has 0 amide bonds. The molecule has 0 atom stereocenters. The fourth-order valence-corrected chi connectivity index (χ4v) is 2.92. The highest BCUT2D eigenvalue weighted by Gasteiger charge is 2.99. The van der Waals surface area contributed by atoms with E-state index in [1.54, 1.807) is 0 Å². The Morgan fingerprint density at radius 1 is 0.440 bits per heavy atom. The van der Waals surface area contributed by atoms with Crippen molar-refractivity contribution in [3.63, 3.8) is 0 Å². The van der Waals surface area contributed by atoms with Gasteiger partial charge in [-0.25, -0.2) is 4.79 Å². The van der Waals surface area contributed by atoms with Crippen LogP contribution in [-0.4, -0.2) is 77.5 Å². The minimum absolute atomic E-state index is 0.0645. The summed E-state index contributed by atoms with van der Waals surface area (Å²) >= 11 is 0. The van der Waals surface area contributed by atoms with Crippen LogP contribution in [0.25, 0.3) is 0 Å². The molecule has 0 aliphatic rings. The number of hydrogen-bond acceptors (Lipinski definition) is 3. The Morgan fingerprint density at radius 3 is 0.940 bits per heavy atom. The van der Waals surface area contributed by atoms with E-state index >= 15 is 0 Å². The number of rotatable bonds is 14. The van der Waals surface area contributed by atoms with Crippen LogP contribution in [0.2, 0.25) is 0 Å². The topological polar surface area (TPSA) is 35.5 Å². The maximum atomic E-state index is 14.0. The van der Waals surface area contributed by atoms with Gasteiger partial charge in [-0.1, -0.05) is 6.58 Å². The second kappa shape index (κ2) is 12.0. The molecule has 0 radical (unpaired) electrons. The zero-order valence-corrected chi connectivity index (χ0v) is 22.7. The van der Waals surface area contributed by atoms with E-state index in [4.69, 9.17) is 0 Å². The van der Waals surface area contributed by atoms with E-state index in [0.717, 1.165) is 6.92 Å². The van der Waals surface area contributed by atoms with Crippen molar-refractivity contribution in [3.8, 4) is 11.5 Å². The lowest BCUT2D eigenvalue weighted by molar-refractivity contribution is -0.486. The maximum Gasteiger partial charge on any atom is 0.471 e. The van der Waals surface area contributed by atoms with E-state index in [1.807, 2.05) is 0 Å². The van der Waals surface area contributed by atoms with E-state index in [1.165, 1.54) is 0 Å². The SMILES string of the molecule is C=C(C)C(=O)Oc1ccc(OC(F)(F)C(F)(F)C(F)(F)C(F)(F)C(F)(F)C(F)(F)C(F)(F)C(F)(F)C(F)(F)C(F)(F)C(F)(F)C(F)(F)F)cc1. The highest BCUT2D eigenvalue weighted by molar-refractivity contribution is 5.88. The highest BCUT2D eigenvalue weighted by atomic mass is 19.4. The second-order valence-electron chi connectivity index (χ2n) is 9.50. The minimum Gasteiger partial charge on any atom is -0.428 e. The average Bonchev–Trinajstić information content (AvgIpc) is 2.92. The summed E-state index contributed by atoms with van der Waals surface area (Å²) in [5, 5.41) is 0. The molecule has 0 saturated carbocycles. The van der Waals surface area contributed by atoms with Gasteiger partial charge in [0.15, 0.2) is 0 Å². The predicted octanol–water partition coefficient (Wildman–Crippen LogP) is 10.1. The molecule has 0 fully saturated rings. The molecule has 1 aromatic carbocycles. The molecule has 28 heteroatoms. The lowest BCUT2D eigenvalue weighted by atomic mass is 9.85. The molecular weight excluding hydrogens is 787 g/mol. The van der Waals surface area contributed by atoms with Gasteiger partial charge in [-0.05, 0) is 31.2 Å². The Bertz CT molecular complexity index is 1420. The van der Waals surface area contributed by atoms with Crippen LogP contribution in [-0.2, 0) is 4.79 Å². The van der Waals surface area contributed by atoms with E-state index in [2.05, 4.69) is 16.1 Å². The monoisotopic (exact) mass is 796 g/mol. The van der Waals surface area contributed by atoms with Gasteiger partial charge in [0.25, 0.3) is 0 Å². The second-order valence-corrected chi connectivity index (χ2v) is 9.50. The number of halogens is 25. The van der Waals surface area contributed by atoms with Crippen molar-refractivity contribution in [3.05, 3.63) is 36.4 Å². The molecule has 290 valence electrons. The van der Waals surface area contributed by atoms with Gasteiger partial charge in [0.2, 0.25) is 0 Å². The van der Waals surface area contributed by atoms with Gasteiger partial charge in [0.05, 0.1) is 0 Å². The lowest BCUT2D eigenvalue weighted by Crippen LogP contribution is -2.78. The highest BCUT2D eigenvalue weighted by Crippen LogP contribution is 2.67. The van der Waals surface area contributed by atoms with Crippen molar-refractivity contribution >= 4 is 5.97 Å². The molecule has 50 heavy (non-hydrogen) atoms. The summed E-state index contributed by atoms with van der Waals surface area (Å²) in [6.07, 6.45) is -15.6. The predicted molar refractivity (Wildman–Crippen MR) is 108 cm³/mol. The summed E-state index contributed by atoms with van der Waals surface area (Å²) in [7, 11) is 0. The molecule has 1 aromatic rings. The number of esters is 1. The summed E-state index contributed by atoms with van der Waals surface area (Å²) < 4.78 is 345. The third kappa shape index (κ3) is 5.99. The van der Waals surface area contributed by atoms with Gasteiger partial charge >= 0.3 is 77.5 Å². The van der Waals surface area contributed by atoms with Crippen molar-refractivity contribution < 1.29 is 124 Å². The Morgan fingerprint density at radius 2 is 0.680 bits per heavy atom. The molecule has 3 nitrogen and oxygen atoms in total. The Labute approximate surface area is 257 Å². The maximum absolute atomic E-state index is 14.0. The Balaban J connectivity index is 3.73. The molecule has 0 saturated heterocycles. The van der Waals surface area contributed by atoms with Crippen molar-refractivity contribution in [2.45, 2.75) is 78.4 Å².